The van der Waals surface area contributed by atoms with Crippen molar-refractivity contribution in [2.75, 3.05) is 18.1 Å². The number of amides is 1. The maximum atomic E-state index is 12.7. The van der Waals surface area contributed by atoms with Crippen LogP contribution >= 0.6 is 23.2 Å². The second kappa shape index (κ2) is 8.96. The van der Waals surface area contributed by atoms with Crippen molar-refractivity contribution in [2.45, 2.75) is 13.5 Å². The van der Waals surface area contributed by atoms with Crippen LogP contribution in [0.1, 0.15) is 27.2 Å². The van der Waals surface area contributed by atoms with E-state index >= 15 is 0 Å². The van der Waals surface area contributed by atoms with Gasteiger partial charge in [-0.05, 0) is 48.9 Å². The molecule has 0 atom stereocenters. The number of aromatic nitrogens is 2. The molecule has 1 saturated heterocycles. The highest BCUT2D eigenvalue weighted by Crippen LogP contribution is 2.24. The zero-order valence-corrected chi connectivity index (χ0v) is 18.2. The summed E-state index contributed by atoms with van der Waals surface area (Å²) in [6.07, 6.45) is 2.72. The van der Waals surface area contributed by atoms with E-state index in [-0.39, 0.29) is 5.78 Å². The topological polar surface area (TPSA) is 64.4 Å². The van der Waals surface area contributed by atoms with Crippen LogP contribution in [-0.2, 0) is 11.3 Å². The molecule has 1 aromatic heterocycles. The number of hydrogen-bond donors (Lipinski definition) is 0. The van der Waals surface area contributed by atoms with E-state index in [1.807, 2.05) is 31.2 Å². The number of allylic oxidation sites excluding steroid dienone is 1. The lowest BCUT2D eigenvalue weighted by molar-refractivity contribution is 0.104. The van der Waals surface area contributed by atoms with Crippen LogP contribution in [0.25, 0.3) is 6.08 Å². The Balaban J connectivity index is 1.52. The number of nitrogens with zero attached hydrogens (tertiary/aromatic N) is 3. The monoisotopic (exact) mass is 455 g/mol. The Morgan fingerprint density at radius 2 is 1.97 bits per heavy atom. The van der Waals surface area contributed by atoms with E-state index in [4.69, 9.17) is 27.9 Å². The Labute approximate surface area is 189 Å². The van der Waals surface area contributed by atoms with E-state index in [9.17, 15) is 9.59 Å². The Hall–Kier alpha value is -3.09. The number of hydrogen-bond acceptors (Lipinski definition) is 4. The fourth-order valence-electron chi connectivity index (χ4n) is 3.33. The van der Waals surface area contributed by atoms with E-state index in [2.05, 4.69) is 5.10 Å². The molecular formula is C23H19Cl2N3O3. The number of ketones is 1. The molecule has 0 spiro atoms. The smallest absolute Gasteiger partial charge is 0.414 e. The quantitative estimate of drug-likeness (QED) is 0.368. The molecule has 1 amide bonds. The normalized spacial score (nSPS) is 13.8. The molecule has 0 unspecified atom stereocenters. The number of halogens is 2. The maximum absolute atomic E-state index is 12.7. The van der Waals surface area contributed by atoms with Crippen molar-refractivity contribution in [3.63, 3.8) is 0 Å². The molecule has 1 fully saturated rings. The maximum Gasteiger partial charge on any atom is 0.414 e. The summed E-state index contributed by atoms with van der Waals surface area (Å²) in [7, 11) is 0. The van der Waals surface area contributed by atoms with Gasteiger partial charge in [0.25, 0.3) is 0 Å². The lowest BCUT2D eigenvalue weighted by atomic mass is 10.1. The number of anilines is 1. The first-order valence-electron chi connectivity index (χ1n) is 9.66. The van der Waals surface area contributed by atoms with Crippen molar-refractivity contribution in [2.24, 2.45) is 0 Å². The fraction of sp³-hybridized carbons (Fsp3) is 0.174. The Kier molecular flexibility index (Phi) is 6.11. The summed E-state index contributed by atoms with van der Waals surface area (Å²) in [5.41, 5.74) is 3.51. The highest BCUT2D eigenvalue weighted by atomic mass is 35.5. The Bertz CT molecular complexity index is 1170. The number of rotatable bonds is 6. The predicted molar refractivity (Wildman–Crippen MR) is 121 cm³/mol. The van der Waals surface area contributed by atoms with Crippen LogP contribution in [0.3, 0.4) is 0 Å². The minimum Gasteiger partial charge on any atom is -0.447 e. The van der Waals surface area contributed by atoms with E-state index in [0.717, 1.165) is 11.3 Å². The molecule has 6 nitrogen and oxygen atoms in total. The first-order valence-corrected chi connectivity index (χ1v) is 10.4. The molecular weight excluding hydrogens is 437 g/mol. The molecule has 2 heterocycles. The van der Waals surface area contributed by atoms with E-state index in [0.29, 0.717) is 46.7 Å². The van der Waals surface area contributed by atoms with Crippen LogP contribution in [0.5, 0.6) is 0 Å². The Morgan fingerprint density at radius 1 is 1.19 bits per heavy atom. The van der Waals surface area contributed by atoms with Crippen molar-refractivity contribution in [1.29, 1.82) is 0 Å². The van der Waals surface area contributed by atoms with Gasteiger partial charge in [0.15, 0.2) is 5.78 Å². The number of cyclic esters (lactones) is 1. The fourth-order valence-corrected chi connectivity index (χ4v) is 3.76. The van der Waals surface area contributed by atoms with Crippen LogP contribution in [0.4, 0.5) is 10.5 Å². The van der Waals surface area contributed by atoms with Crippen LogP contribution in [0.15, 0.2) is 54.6 Å². The summed E-state index contributed by atoms with van der Waals surface area (Å²) in [5, 5.41) is 5.60. The molecule has 1 aliphatic rings. The minimum atomic E-state index is -0.407. The SMILES string of the molecule is Cc1nn(Cc2ccc(Cl)cc2)c(Cl)c1/C=C/C(=O)c1cccc(N2CCOC2=O)c1. The number of carbonyl (C=O) groups is 2. The second-order valence-corrected chi connectivity index (χ2v) is 7.88. The third-order valence-electron chi connectivity index (χ3n) is 4.96. The molecule has 0 N–H and O–H groups in total. The summed E-state index contributed by atoms with van der Waals surface area (Å²) in [6.45, 7) is 3.14. The van der Waals surface area contributed by atoms with Gasteiger partial charge in [-0.15, -0.1) is 0 Å². The number of ether oxygens (including phenoxy) is 1. The van der Waals surface area contributed by atoms with E-state index in [1.165, 1.54) is 11.0 Å². The van der Waals surface area contributed by atoms with E-state index in [1.54, 1.807) is 35.0 Å². The zero-order chi connectivity index (χ0) is 22.0. The molecule has 31 heavy (non-hydrogen) atoms. The minimum absolute atomic E-state index is 0.199. The standard InChI is InChI=1S/C23H19Cl2N3O3/c1-15-20(22(25)28(26-15)14-16-5-7-18(24)8-6-16)9-10-21(29)17-3-2-4-19(13-17)27-11-12-31-23(27)30/h2-10,13H,11-12,14H2,1H3/b10-9+. The molecule has 8 heteroatoms. The number of benzene rings is 2. The van der Waals surface area contributed by atoms with Gasteiger partial charge in [-0.3, -0.25) is 9.69 Å². The third-order valence-corrected chi connectivity index (χ3v) is 5.61. The van der Waals surface area contributed by atoms with Gasteiger partial charge in [-0.25, -0.2) is 9.48 Å². The average molecular weight is 456 g/mol. The van der Waals surface area contributed by atoms with Crippen LogP contribution in [-0.4, -0.2) is 34.8 Å². The highest BCUT2D eigenvalue weighted by molar-refractivity contribution is 6.31. The van der Waals surface area contributed by atoms with Crippen molar-refractivity contribution in [3.05, 3.63) is 87.2 Å². The summed E-state index contributed by atoms with van der Waals surface area (Å²) in [5.74, 6) is -0.199. The zero-order valence-electron chi connectivity index (χ0n) is 16.7. The van der Waals surface area contributed by atoms with Crippen molar-refractivity contribution >= 4 is 46.8 Å². The van der Waals surface area contributed by atoms with Crippen LogP contribution in [0.2, 0.25) is 10.2 Å². The molecule has 4 rings (SSSR count). The van der Waals surface area contributed by atoms with Gasteiger partial charge in [0, 0.05) is 21.8 Å². The van der Waals surface area contributed by atoms with Gasteiger partial charge in [0.1, 0.15) is 11.8 Å². The van der Waals surface area contributed by atoms with Gasteiger partial charge in [0.05, 0.1) is 18.8 Å². The lowest BCUT2D eigenvalue weighted by Gasteiger charge is -2.13. The van der Waals surface area contributed by atoms with Gasteiger partial charge >= 0.3 is 6.09 Å². The first-order chi connectivity index (χ1) is 14.9. The first kappa shape index (κ1) is 21.2. The largest absolute Gasteiger partial charge is 0.447 e. The summed E-state index contributed by atoms with van der Waals surface area (Å²) >= 11 is 12.5. The molecule has 1 aliphatic heterocycles. The molecule has 3 aromatic rings. The summed E-state index contributed by atoms with van der Waals surface area (Å²) in [4.78, 5) is 26.0. The van der Waals surface area contributed by atoms with Crippen LogP contribution < -0.4 is 4.90 Å². The summed E-state index contributed by atoms with van der Waals surface area (Å²) < 4.78 is 6.64. The molecule has 0 radical (unpaired) electrons. The molecule has 0 saturated carbocycles. The van der Waals surface area contributed by atoms with Crippen LogP contribution in [0, 0.1) is 6.92 Å². The van der Waals surface area contributed by atoms with Gasteiger partial charge < -0.3 is 4.74 Å². The molecule has 0 aliphatic carbocycles. The molecule has 2 aromatic carbocycles. The Morgan fingerprint density at radius 3 is 2.68 bits per heavy atom. The van der Waals surface area contributed by atoms with Crippen molar-refractivity contribution < 1.29 is 14.3 Å². The summed E-state index contributed by atoms with van der Waals surface area (Å²) in [6, 6.07) is 14.4. The predicted octanol–water partition coefficient (Wildman–Crippen LogP) is 5.40. The van der Waals surface area contributed by atoms with Gasteiger partial charge in [-0.2, -0.15) is 5.10 Å². The van der Waals surface area contributed by atoms with Gasteiger partial charge in [0.2, 0.25) is 0 Å². The molecule has 158 valence electrons. The molecule has 0 bridgehead atoms. The third kappa shape index (κ3) is 4.65. The van der Waals surface area contributed by atoms with Crippen molar-refractivity contribution in [1.82, 2.24) is 9.78 Å². The highest BCUT2D eigenvalue weighted by Gasteiger charge is 2.24. The van der Waals surface area contributed by atoms with Gasteiger partial charge in [-0.1, -0.05) is 47.5 Å². The lowest BCUT2D eigenvalue weighted by Crippen LogP contribution is -2.23. The van der Waals surface area contributed by atoms with Crippen molar-refractivity contribution in [3.8, 4) is 0 Å². The number of aryl methyl sites for hydroxylation is 1. The number of carbonyl (C=O) groups excluding carboxylic acids is 2. The average Bonchev–Trinajstić information content (AvgIpc) is 3.31. The van der Waals surface area contributed by atoms with E-state index < -0.39 is 6.09 Å². The second-order valence-electron chi connectivity index (χ2n) is 7.09.